The van der Waals surface area contributed by atoms with Crippen LogP contribution >= 0.6 is 22.4 Å². The van der Waals surface area contributed by atoms with E-state index in [1.807, 2.05) is 0 Å². The molecule has 0 heterocycles. The van der Waals surface area contributed by atoms with Gasteiger partial charge >= 0.3 is 0 Å². The summed E-state index contributed by atoms with van der Waals surface area (Å²) in [6.45, 7) is 30.0. The van der Waals surface area contributed by atoms with E-state index in [1.54, 1.807) is 10.5 Å². The lowest BCUT2D eigenvalue weighted by molar-refractivity contribution is 0.711. The minimum Gasteiger partial charge on any atom is -0.157 e. The Kier molecular flexibility index (Phi) is 11.6. The van der Waals surface area contributed by atoms with Crippen molar-refractivity contribution in [2.45, 2.75) is 142 Å². The molecular weight excluding hydrogens is 433 g/mol. The molecule has 1 rings (SSSR count). The van der Waals surface area contributed by atoms with E-state index in [1.165, 1.54) is 25.7 Å². The van der Waals surface area contributed by atoms with E-state index in [0.29, 0.717) is 0 Å². The molecule has 1 aliphatic rings. The molecule has 0 atom stereocenters. The first-order valence-electron chi connectivity index (χ1n) is 12.6. The van der Waals surface area contributed by atoms with Gasteiger partial charge in [0.05, 0.1) is 0 Å². The van der Waals surface area contributed by atoms with Crippen molar-refractivity contribution in [3.05, 3.63) is 22.0 Å². The molecule has 0 spiro atoms. The highest BCUT2D eigenvalue weighted by atomic mass is 32.4. The second kappa shape index (κ2) is 12.2. The summed E-state index contributed by atoms with van der Waals surface area (Å²) in [5.74, 6) is 0. The van der Waals surface area contributed by atoms with Crippen molar-refractivity contribution in [3.63, 3.8) is 0 Å². The maximum absolute atomic E-state index is 2.70. The average molecular weight is 485 g/mol. The first-order valence-corrected chi connectivity index (χ1v) is 20.2. The quantitative estimate of drug-likeness (QED) is 0.267. The van der Waals surface area contributed by atoms with Gasteiger partial charge in [-0.1, -0.05) is 89.2 Å². The second-order valence-electron chi connectivity index (χ2n) is 11.3. The van der Waals surface area contributed by atoms with Crippen molar-refractivity contribution in [2.75, 3.05) is 0 Å². The van der Waals surface area contributed by atoms with Crippen LogP contribution < -0.4 is 0 Å². The molecule has 0 unspecified atom stereocenters. The first-order chi connectivity index (χ1) is 13.8. The van der Waals surface area contributed by atoms with Crippen LogP contribution in [0.5, 0.6) is 0 Å². The van der Waals surface area contributed by atoms with E-state index in [0.717, 1.165) is 33.2 Å². The molecule has 0 aromatic carbocycles. The fraction of sp³-hybridized carbons (Fsp3) is 0.846. The zero-order valence-electron chi connectivity index (χ0n) is 22.3. The van der Waals surface area contributed by atoms with Gasteiger partial charge in [0.15, 0.2) is 0 Å². The molecule has 0 aromatic heterocycles. The van der Waals surface area contributed by atoms with E-state index in [9.17, 15) is 0 Å². The fourth-order valence-corrected chi connectivity index (χ4v) is 25.1. The number of hydrogen-bond acceptors (Lipinski definition) is 2. The van der Waals surface area contributed by atoms with Crippen LogP contribution in [0.2, 0.25) is 33.2 Å². The third-order valence-corrected chi connectivity index (χ3v) is 32.2. The van der Waals surface area contributed by atoms with Crippen LogP contribution in [0.25, 0.3) is 0 Å². The van der Waals surface area contributed by atoms with Gasteiger partial charge in [-0.3, -0.25) is 0 Å². The SMILES string of the molecule is CC(C)[Si](S/C=C(\S[Si](C(C)C)(C(C)C)C(C)C)C1=CCCCC1)(C(C)C)C(C)C. The molecule has 0 bridgehead atoms. The fourth-order valence-electron chi connectivity index (χ4n) is 6.34. The van der Waals surface area contributed by atoms with Gasteiger partial charge in [-0.15, -0.1) is 11.2 Å². The predicted octanol–water partition coefficient (Wildman–Crippen LogP) is 11.1. The van der Waals surface area contributed by atoms with Gasteiger partial charge in [0.25, 0.3) is 0 Å². The Morgan fingerprint density at radius 3 is 1.47 bits per heavy atom. The van der Waals surface area contributed by atoms with Crippen molar-refractivity contribution in [1.82, 2.24) is 0 Å². The van der Waals surface area contributed by atoms with Gasteiger partial charge in [-0.2, -0.15) is 11.2 Å². The summed E-state index contributed by atoms with van der Waals surface area (Å²) in [4.78, 5) is 1.67. The van der Waals surface area contributed by atoms with Gasteiger partial charge in [-0.05, 0) is 69.9 Å². The molecule has 0 amide bonds. The first kappa shape index (κ1) is 28.6. The van der Waals surface area contributed by atoms with E-state index >= 15 is 0 Å². The number of rotatable bonds is 11. The predicted molar refractivity (Wildman–Crippen MR) is 152 cm³/mol. The molecule has 0 fully saturated rings. The molecule has 30 heavy (non-hydrogen) atoms. The van der Waals surface area contributed by atoms with Gasteiger partial charge in [0.2, 0.25) is 0 Å². The molecule has 0 aromatic rings. The highest BCUT2D eigenvalue weighted by molar-refractivity contribution is 8.34. The Balaban J connectivity index is 3.51. The summed E-state index contributed by atoms with van der Waals surface area (Å²) in [6.07, 6.45) is 7.90. The molecule has 176 valence electrons. The Hall–Kier alpha value is 0.614. The Morgan fingerprint density at radius 1 is 0.700 bits per heavy atom. The molecule has 1 aliphatic carbocycles. The van der Waals surface area contributed by atoms with E-state index in [-0.39, 0.29) is 0 Å². The van der Waals surface area contributed by atoms with Crippen molar-refractivity contribution in [1.29, 1.82) is 0 Å². The third-order valence-electron chi connectivity index (χ3n) is 7.68. The third kappa shape index (κ3) is 6.14. The standard InChI is InChI=1S/C26H52S2Si2/c1-19(2)29(20(3)4,21(5)6)27-18-26(25-16-14-13-15-17-25)28-30(22(7)8,23(9)10)24(11)12/h16,18-24H,13-15,17H2,1-12H3/b26-18-. The van der Waals surface area contributed by atoms with Crippen molar-refractivity contribution in [3.8, 4) is 0 Å². The summed E-state index contributed by atoms with van der Waals surface area (Å²) in [5.41, 5.74) is 6.46. The zero-order valence-corrected chi connectivity index (χ0v) is 25.9. The summed E-state index contributed by atoms with van der Waals surface area (Å²) >= 11 is 4.69. The Labute approximate surface area is 200 Å². The van der Waals surface area contributed by atoms with Gasteiger partial charge < -0.3 is 0 Å². The molecule has 0 radical (unpaired) electrons. The summed E-state index contributed by atoms with van der Waals surface area (Å²) in [6, 6.07) is 0. The minimum atomic E-state index is -1.54. The molecule has 0 N–H and O–H groups in total. The molecule has 0 nitrogen and oxygen atoms in total. The smallest absolute Gasteiger partial charge is 0.131 e. The topological polar surface area (TPSA) is 0 Å². The van der Waals surface area contributed by atoms with Gasteiger partial charge in [0, 0.05) is 4.91 Å². The van der Waals surface area contributed by atoms with Crippen molar-refractivity contribution >= 4 is 36.9 Å². The van der Waals surface area contributed by atoms with E-state index in [2.05, 4.69) is 117 Å². The average Bonchev–Trinajstić information content (AvgIpc) is 2.63. The largest absolute Gasteiger partial charge is 0.157 e. The maximum Gasteiger partial charge on any atom is 0.131 e. The van der Waals surface area contributed by atoms with Crippen LogP contribution in [0.3, 0.4) is 0 Å². The maximum atomic E-state index is 2.70. The van der Waals surface area contributed by atoms with Crippen LogP contribution in [0.4, 0.5) is 0 Å². The molecule has 0 saturated carbocycles. The van der Waals surface area contributed by atoms with Crippen molar-refractivity contribution < 1.29 is 0 Å². The highest BCUT2D eigenvalue weighted by Crippen LogP contribution is 2.56. The summed E-state index contributed by atoms with van der Waals surface area (Å²) in [7, 11) is -3.04. The minimum absolute atomic E-state index is 0.794. The molecule has 0 saturated heterocycles. The Bertz CT molecular complexity index is 542. The zero-order chi connectivity index (χ0) is 23.3. The van der Waals surface area contributed by atoms with E-state index in [4.69, 9.17) is 0 Å². The highest BCUT2D eigenvalue weighted by Gasteiger charge is 2.46. The normalized spacial score (nSPS) is 17.3. The van der Waals surface area contributed by atoms with Crippen LogP contribution in [0.1, 0.15) is 109 Å². The lowest BCUT2D eigenvalue weighted by Crippen LogP contribution is -2.41. The Morgan fingerprint density at radius 2 is 1.13 bits per heavy atom. The lowest BCUT2D eigenvalue weighted by atomic mass is 10.00. The molecular formula is C26H52S2Si2. The summed E-state index contributed by atoms with van der Waals surface area (Å²) < 4.78 is 0. The lowest BCUT2D eigenvalue weighted by Gasteiger charge is -2.44. The van der Waals surface area contributed by atoms with Crippen LogP contribution in [-0.4, -0.2) is 14.4 Å². The van der Waals surface area contributed by atoms with Gasteiger partial charge in [-0.25, -0.2) is 0 Å². The summed E-state index contributed by atoms with van der Waals surface area (Å²) in [5, 5.41) is 2.70. The second-order valence-corrected chi connectivity index (χ2v) is 28.3. The number of hydrogen-bond donors (Lipinski definition) is 0. The molecule has 0 aliphatic heterocycles. The van der Waals surface area contributed by atoms with E-state index < -0.39 is 14.4 Å². The number of allylic oxidation sites excluding steroid dienone is 2. The molecule has 4 heteroatoms. The van der Waals surface area contributed by atoms with Crippen LogP contribution in [0, 0.1) is 0 Å². The van der Waals surface area contributed by atoms with Crippen LogP contribution in [-0.2, 0) is 0 Å². The van der Waals surface area contributed by atoms with Crippen molar-refractivity contribution in [2.24, 2.45) is 0 Å². The van der Waals surface area contributed by atoms with Crippen LogP contribution in [0.15, 0.2) is 22.0 Å². The monoisotopic (exact) mass is 484 g/mol. The van der Waals surface area contributed by atoms with Gasteiger partial charge in [0.1, 0.15) is 14.4 Å².